The predicted molar refractivity (Wildman–Crippen MR) is 85.7 cm³/mol. The first-order valence-corrected chi connectivity index (χ1v) is 7.60. The van der Waals surface area contributed by atoms with E-state index in [-0.39, 0.29) is 11.7 Å². The summed E-state index contributed by atoms with van der Waals surface area (Å²) >= 11 is 0. The first-order chi connectivity index (χ1) is 10.7. The van der Waals surface area contributed by atoms with E-state index in [1.165, 1.54) is 23.4 Å². The van der Waals surface area contributed by atoms with E-state index in [1.54, 1.807) is 12.1 Å². The minimum absolute atomic E-state index is 0.221. The van der Waals surface area contributed by atoms with Crippen LogP contribution < -0.4 is 10.2 Å². The van der Waals surface area contributed by atoms with Crippen LogP contribution in [0.5, 0.6) is 0 Å². The molecule has 0 saturated carbocycles. The first-order valence-electron chi connectivity index (χ1n) is 7.60. The van der Waals surface area contributed by atoms with Gasteiger partial charge in [0.15, 0.2) is 0 Å². The van der Waals surface area contributed by atoms with Gasteiger partial charge >= 0.3 is 0 Å². The fraction of sp³-hybridized carbons (Fsp3) is 0.278. The van der Waals surface area contributed by atoms with E-state index in [0.717, 1.165) is 25.9 Å². The number of anilines is 1. The van der Waals surface area contributed by atoms with Crippen molar-refractivity contribution >= 4 is 11.6 Å². The van der Waals surface area contributed by atoms with E-state index >= 15 is 0 Å². The number of carbonyl (C=O) groups excluding carboxylic acids is 1. The van der Waals surface area contributed by atoms with E-state index in [4.69, 9.17) is 0 Å². The third kappa shape index (κ3) is 3.27. The number of nitrogens with one attached hydrogen (secondary N) is 1. The maximum absolute atomic E-state index is 13.1. The zero-order chi connectivity index (χ0) is 15.4. The van der Waals surface area contributed by atoms with Gasteiger partial charge in [0.05, 0.1) is 0 Å². The largest absolute Gasteiger partial charge is 0.371 e. The van der Waals surface area contributed by atoms with Crippen LogP contribution in [0.1, 0.15) is 22.3 Å². The quantitative estimate of drug-likeness (QED) is 0.861. The van der Waals surface area contributed by atoms with Gasteiger partial charge in [-0.25, -0.2) is 4.39 Å². The lowest BCUT2D eigenvalue weighted by Gasteiger charge is -2.19. The maximum atomic E-state index is 13.1. The highest BCUT2D eigenvalue weighted by Gasteiger charge is 2.17. The Morgan fingerprint density at radius 1 is 1.18 bits per heavy atom. The Bertz CT molecular complexity index is 672. The van der Waals surface area contributed by atoms with Crippen LogP contribution in [0.2, 0.25) is 0 Å². The lowest BCUT2D eigenvalue weighted by atomic mass is 10.2. The third-order valence-electron chi connectivity index (χ3n) is 3.96. The predicted octanol–water partition coefficient (Wildman–Crippen LogP) is 3.01. The molecule has 3 nitrogen and oxygen atoms in total. The molecular weight excluding hydrogens is 279 g/mol. The van der Waals surface area contributed by atoms with Crippen LogP contribution in [-0.4, -0.2) is 25.5 Å². The van der Waals surface area contributed by atoms with E-state index in [0.29, 0.717) is 12.1 Å². The highest BCUT2D eigenvalue weighted by Crippen LogP contribution is 2.27. The van der Waals surface area contributed by atoms with Crippen molar-refractivity contribution in [3.05, 3.63) is 65.5 Å². The third-order valence-corrected chi connectivity index (χ3v) is 3.96. The fourth-order valence-electron chi connectivity index (χ4n) is 2.84. The molecule has 1 amide bonds. The molecule has 0 saturated heterocycles. The maximum Gasteiger partial charge on any atom is 0.251 e. The van der Waals surface area contributed by atoms with E-state index in [2.05, 4.69) is 34.5 Å². The Morgan fingerprint density at radius 2 is 2.05 bits per heavy atom. The van der Waals surface area contributed by atoms with Crippen LogP contribution in [0.3, 0.4) is 0 Å². The van der Waals surface area contributed by atoms with Gasteiger partial charge in [-0.15, -0.1) is 0 Å². The topological polar surface area (TPSA) is 32.3 Å². The number of para-hydroxylation sites is 1. The smallest absolute Gasteiger partial charge is 0.251 e. The van der Waals surface area contributed by atoms with Crippen LogP contribution >= 0.6 is 0 Å². The Kier molecular flexibility index (Phi) is 4.37. The Morgan fingerprint density at radius 3 is 2.91 bits per heavy atom. The second kappa shape index (κ2) is 6.60. The molecule has 22 heavy (non-hydrogen) atoms. The van der Waals surface area contributed by atoms with E-state index in [9.17, 15) is 9.18 Å². The number of fused-ring (bicyclic) bond motifs is 1. The minimum Gasteiger partial charge on any atom is -0.371 e. The second-order valence-corrected chi connectivity index (χ2v) is 5.49. The summed E-state index contributed by atoms with van der Waals surface area (Å²) in [6.07, 6.45) is 1.96. The van der Waals surface area contributed by atoms with Crippen molar-refractivity contribution < 1.29 is 9.18 Å². The molecule has 1 heterocycles. The average molecular weight is 298 g/mol. The van der Waals surface area contributed by atoms with Gasteiger partial charge in [0.1, 0.15) is 5.82 Å². The van der Waals surface area contributed by atoms with Crippen LogP contribution in [0.15, 0.2) is 48.5 Å². The minimum atomic E-state index is -0.388. The summed E-state index contributed by atoms with van der Waals surface area (Å²) in [7, 11) is 0. The number of benzene rings is 2. The van der Waals surface area contributed by atoms with Gasteiger partial charge in [-0.05, 0) is 42.7 Å². The van der Waals surface area contributed by atoms with Crippen molar-refractivity contribution in [1.29, 1.82) is 0 Å². The molecule has 2 aromatic carbocycles. The second-order valence-electron chi connectivity index (χ2n) is 5.49. The van der Waals surface area contributed by atoms with Crippen LogP contribution in [0.4, 0.5) is 10.1 Å². The van der Waals surface area contributed by atoms with Gasteiger partial charge in [0, 0.05) is 30.9 Å². The summed E-state index contributed by atoms with van der Waals surface area (Å²) < 4.78 is 13.1. The first kappa shape index (κ1) is 14.6. The molecule has 3 rings (SSSR count). The molecule has 2 aromatic rings. The zero-order valence-corrected chi connectivity index (χ0v) is 12.4. The van der Waals surface area contributed by atoms with Crippen molar-refractivity contribution in [3.63, 3.8) is 0 Å². The normalized spacial score (nSPS) is 13.0. The number of rotatable bonds is 5. The fourth-order valence-corrected chi connectivity index (χ4v) is 2.84. The van der Waals surface area contributed by atoms with Gasteiger partial charge in [-0.2, -0.15) is 0 Å². The molecule has 0 spiro atoms. The van der Waals surface area contributed by atoms with Crippen molar-refractivity contribution in [2.24, 2.45) is 0 Å². The highest BCUT2D eigenvalue weighted by atomic mass is 19.1. The molecule has 1 aliphatic rings. The van der Waals surface area contributed by atoms with Crippen LogP contribution in [0.25, 0.3) is 0 Å². The molecular formula is C18H19FN2O. The Hall–Kier alpha value is -2.36. The van der Waals surface area contributed by atoms with E-state index in [1.807, 2.05) is 0 Å². The molecule has 114 valence electrons. The van der Waals surface area contributed by atoms with Gasteiger partial charge in [0.25, 0.3) is 5.91 Å². The Labute approximate surface area is 129 Å². The summed E-state index contributed by atoms with van der Waals surface area (Å²) in [5.41, 5.74) is 3.07. The average Bonchev–Trinajstić information content (AvgIpc) is 2.95. The van der Waals surface area contributed by atoms with Crippen LogP contribution in [0, 0.1) is 5.82 Å². The van der Waals surface area contributed by atoms with E-state index < -0.39 is 0 Å². The molecule has 1 N–H and O–H groups in total. The van der Waals surface area contributed by atoms with Gasteiger partial charge in [0.2, 0.25) is 0 Å². The molecule has 0 radical (unpaired) electrons. The number of hydrogen-bond donors (Lipinski definition) is 1. The number of hydrogen-bond acceptors (Lipinski definition) is 2. The summed E-state index contributed by atoms with van der Waals surface area (Å²) in [5, 5.41) is 2.84. The van der Waals surface area contributed by atoms with Crippen LogP contribution in [-0.2, 0) is 6.42 Å². The van der Waals surface area contributed by atoms with Gasteiger partial charge in [-0.1, -0.05) is 24.3 Å². The van der Waals surface area contributed by atoms with Gasteiger partial charge < -0.3 is 10.2 Å². The molecule has 4 heteroatoms. The zero-order valence-electron chi connectivity index (χ0n) is 12.4. The van der Waals surface area contributed by atoms with Crippen molar-refractivity contribution in [1.82, 2.24) is 5.32 Å². The van der Waals surface area contributed by atoms with Crippen molar-refractivity contribution in [2.75, 3.05) is 24.5 Å². The van der Waals surface area contributed by atoms with Gasteiger partial charge in [-0.3, -0.25) is 4.79 Å². The number of nitrogens with zero attached hydrogens (tertiary/aromatic N) is 1. The molecule has 0 aliphatic carbocycles. The summed E-state index contributed by atoms with van der Waals surface area (Å²) in [6.45, 7) is 2.55. The van der Waals surface area contributed by atoms with Crippen molar-refractivity contribution in [3.8, 4) is 0 Å². The SMILES string of the molecule is O=C(NCCCN1CCc2ccccc21)c1cccc(F)c1. The molecule has 0 bridgehead atoms. The monoisotopic (exact) mass is 298 g/mol. The molecule has 0 aromatic heterocycles. The molecule has 0 unspecified atom stereocenters. The number of carbonyl (C=O) groups is 1. The van der Waals surface area contributed by atoms with Crippen molar-refractivity contribution in [2.45, 2.75) is 12.8 Å². The summed E-state index contributed by atoms with van der Waals surface area (Å²) in [6, 6.07) is 14.2. The highest BCUT2D eigenvalue weighted by molar-refractivity contribution is 5.94. The Balaban J connectivity index is 1.46. The lowest BCUT2D eigenvalue weighted by Crippen LogP contribution is -2.29. The lowest BCUT2D eigenvalue weighted by molar-refractivity contribution is 0.0953. The summed E-state index contributed by atoms with van der Waals surface area (Å²) in [4.78, 5) is 14.3. The molecule has 1 aliphatic heterocycles. The number of amides is 1. The molecule has 0 atom stereocenters. The standard InChI is InChI=1S/C18H19FN2O/c19-16-7-3-6-15(13-16)18(22)20-10-4-11-21-12-9-14-5-1-2-8-17(14)21/h1-3,5-8,13H,4,9-12H2,(H,20,22). The number of halogens is 1. The molecule has 0 fully saturated rings. The summed E-state index contributed by atoms with van der Waals surface area (Å²) in [5.74, 6) is -0.609.